The molecule has 26 heavy (non-hydrogen) atoms. The molecular weight excluding hydrogens is 332 g/mol. The van der Waals surface area contributed by atoms with Gasteiger partial charge in [0.15, 0.2) is 0 Å². The quantitative estimate of drug-likeness (QED) is 0.612. The average molecular weight is 354 g/mol. The van der Waals surface area contributed by atoms with Gasteiger partial charge in [0, 0.05) is 44.1 Å². The molecule has 3 N–H and O–H groups in total. The van der Waals surface area contributed by atoms with E-state index in [4.69, 9.17) is 5.73 Å². The molecule has 2 aromatic carbocycles. The lowest BCUT2D eigenvalue weighted by atomic mass is 9.95. The monoisotopic (exact) mass is 354 g/mol. The number of hydrogen-bond donors (Lipinski definition) is 2. The van der Waals surface area contributed by atoms with E-state index in [9.17, 15) is 14.9 Å². The number of para-hydroxylation sites is 2. The molecule has 1 heterocycles. The number of nitrogens with two attached hydrogens (primary N) is 1. The first-order valence-electron chi connectivity index (χ1n) is 8.62. The Balaban J connectivity index is 1.54. The molecule has 0 bridgehead atoms. The molecule has 1 aliphatic rings. The van der Waals surface area contributed by atoms with Gasteiger partial charge in [-0.3, -0.25) is 14.9 Å². The van der Waals surface area contributed by atoms with E-state index in [1.54, 1.807) is 23.1 Å². The summed E-state index contributed by atoms with van der Waals surface area (Å²) in [6, 6.07) is 16.3. The number of anilines is 1. The number of carbonyl (C=O) groups is 1. The molecule has 0 aromatic heterocycles. The van der Waals surface area contributed by atoms with E-state index in [1.807, 2.05) is 30.3 Å². The fourth-order valence-electron chi connectivity index (χ4n) is 3.33. The Labute approximate surface area is 152 Å². The van der Waals surface area contributed by atoms with Gasteiger partial charge in [-0.2, -0.15) is 0 Å². The second-order valence-corrected chi connectivity index (χ2v) is 6.43. The minimum absolute atomic E-state index is 0.00460. The van der Waals surface area contributed by atoms with Crippen molar-refractivity contribution < 1.29 is 9.72 Å². The highest BCUT2D eigenvalue weighted by Crippen LogP contribution is 2.27. The number of likely N-dealkylation sites (tertiary alicyclic amines) is 1. The normalized spacial score (nSPS) is 19.3. The number of nitrogens with zero attached hydrogens (tertiary/aromatic N) is 2. The molecule has 1 fully saturated rings. The minimum Gasteiger partial charge on any atom is -0.379 e. The summed E-state index contributed by atoms with van der Waals surface area (Å²) in [6.45, 7) is 1.48. The summed E-state index contributed by atoms with van der Waals surface area (Å²) in [5.41, 5.74) is 7.80. The number of nitrogens with one attached hydrogen (secondary N) is 1. The second kappa shape index (κ2) is 7.97. The molecule has 0 unspecified atom stereocenters. The van der Waals surface area contributed by atoms with Gasteiger partial charge >= 0.3 is 0 Å². The Hall–Kier alpha value is -2.93. The molecule has 0 radical (unpaired) electrons. The zero-order valence-electron chi connectivity index (χ0n) is 14.4. The summed E-state index contributed by atoms with van der Waals surface area (Å²) in [4.78, 5) is 24.8. The third-order valence-corrected chi connectivity index (χ3v) is 4.70. The largest absolute Gasteiger partial charge is 0.379 e. The van der Waals surface area contributed by atoms with Gasteiger partial charge in [0.2, 0.25) is 5.91 Å². The first-order valence-corrected chi connectivity index (χ1v) is 8.62. The van der Waals surface area contributed by atoms with Crippen LogP contribution in [0.1, 0.15) is 17.9 Å². The lowest BCUT2D eigenvalue weighted by Gasteiger charge is -2.17. The van der Waals surface area contributed by atoms with Gasteiger partial charge in [0.1, 0.15) is 5.69 Å². The molecule has 3 rings (SSSR count). The van der Waals surface area contributed by atoms with Crippen molar-refractivity contribution in [1.29, 1.82) is 0 Å². The van der Waals surface area contributed by atoms with Gasteiger partial charge in [-0.05, 0) is 11.6 Å². The Morgan fingerprint density at radius 3 is 2.58 bits per heavy atom. The predicted molar refractivity (Wildman–Crippen MR) is 99.9 cm³/mol. The fraction of sp³-hybridized carbons (Fsp3) is 0.316. The van der Waals surface area contributed by atoms with Crippen LogP contribution in [-0.2, 0) is 4.79 Å². The molecule has 136 valence electrons. The molecule has 7 nitrogen and oxygen atoms in total. The van der Waals surface area contributed by atoms with E-state index in [0.29, 0.717) is 25.3 Å². The number of nitro benzene ring substituents is 1. The SMILES string of the molecule is N[C@@H]1CN(C(=O)CCNc2ccccc2[N+](=O)[O-])C[C@H]1c1ccccc1. The maximum Gasteiger partial charge on any atom is 0.292 e. The number of amides is 1. The Morgan fingerprint density at radius 1 is 1.15 bits per heavy atom. The molecule has 2 atom stereocenters. The molecule has 0 saturated carbocycles. The van der Waals surface area contributed by atoms with E-state index >= 15 is 0 Å². The van der Waals surface area contributed by atoms with Crippen molar-refractivity contribution in [3.63, 3.8) is 0 Å². The summed E-state index contributed by atoms with van der Waals surface area (Å²) in [7, 11) is 0. The highest BCUT2D eigenvalue weighted by atomic mass is 16.6. The molecule has 1 saturated heterocycles. The second-order valence-electron chi connectivity index (χ2n) is 6.43. The van der Waals surface area contributed by atoms with E-state index in [2.05, 4.69) is 5.32 Å². The van der Waals surface area contributed by atoms with Crippen LogP contribution in [0.25, 0.3) is 0 Å². The summed E-state index contributed by atoms with van der Waals surface area (Å²) in [6.07, 6.45) is 0.264. The molecule has 1 aliphatic heterocycles. The molecule has 0 aliphatic carbocycles. The van der Waals surface area contributed by atoms with Crippen LogP contribution in [-0.4, -0.2) is 41.4 Å². The maximum absolute atomic E-state index is 12.5. The Morgan fingerprint density at radius 2 is 1.85 bits per heavy atom. The predicted octanol–water partition coefficient (Wildman–Crippen LogP) is 2.35. The molecule has 0 spiro atoms. The van der Waals surface area contributed by atoms with Crippen LogP contribution in [0.5, 0.6) is 0 Å². The van der Waals surface area contributed by atoms with Crippen molar-refractivity contribution in [2.75, 3.05) is 25.0 Å². The first kappa shape index (κ1) is 17.9. The molecule has 2 aromatic rings. The number of benzene rings is 2. The first-order chi connectivity index (χ1) is 12.6. The van der Waals surface area contributed by atoms with Crippen LogP contribution >= 0.6 is 0 Å². The summed E-state index contributed by atoms with van der Waals surface area (Å²) < 4.78 is 0. The Bertz CT molecular complexity index is 781. The van der Waals surface area contributed by atoms with Crippen molar-refractivity contribution in [2.24, 2.45) is 5.73 Å². The lowest BCUT2D eigenvalue weighted by Crippen LogP contribution is -2.33. The van der Waals surface area contributed by atoms with Crippen LogP contribution in [0.4, 0.5) is 11.4 Å². The standard InChI is InChI=1S/C19H22N4O3/c20-16-13-22(12-15(16)14-6-2-1-3-7-14)19(24)10-11-21-17-8-4-5-9-18(17)23(25)26/h1-9,15-16,21H,10-13,20H2/t15-,16+/m0/s1. The van der Waals surface area contributed by atoms with Gasteiger partial charge in [0.25, 0.3) is 5.69 Å². The van der Waals surface area contributed by atoms with Crippen LogP contribution in [0.15, 0.2) is 54.6 Å². The van der Waals surface area contributed by atoms with Gasteiger partial charge in [0.05, 0.1) is 4.92 Å². The van der Waals surface area contributed by atoms with Crippen LogP contribution in [0.3, 0.4) is 0 Å². The van der Waals surface area contributed by atoms with Gasteiger partial charge < -0.3 is 16.0 Å². The van der Waals surface area contributed by atoms with Crippen molar-refractivity contribution in [3.8, 4) is 0 Å². The molecule has 1 amide bonds. The van der Waals surface area contributed by atoms with Gasteiger partial charge in [-0.25, -0.2) is 0 Å². The maximum atomic E-state index is 12.5. The van der Waals surface area contributed by atoms with Gasteiger partial charge in [-0.15, -0.1) is 0 Å². The Kier molecular flexibility index (Phi) is 5.48. The number of carbonyl (C=O) groups excluding carboxylic acids is 1. The van der Waals surface area contributed by atoms with Crippen molar-refractivity contribution in [2.45, 2.75) is 18.4 Å². The fourth-order valence-corrected chi connectivity index (χ4v) is 3.33. The highest BCUT2D eigenvalue weighted by Gasteiger charge is 2.33. The zero-order valence-corrected chi connectivity index (χ0v) is 14.4. The minimum atomic E-state index is -0.436. The van der Waals surface area contributed by atoms with Crippen molar-refractivity contribution >= 4 is 17.3 Å². The van der Waals surface area contributed by atoms with Gasteiger partial charge in [-0.1, -0.05) is 42.5 Å². The zero-order chi connectivity index (χ0) is 18.5. The summed E-state index contributed by atoms with van der Waals surface area (Å²) >= 11 is 0. The number of hydrogen-bond acceptors (Lipinski definition) is 5. The van der Waals surface area contributed by atoms with Crippen molar-refractivity contribution in [1.82, 2.24) is 4.90 Å². The highest BCUT2D eigenvalue weighted by molar-refractivity contribution is 5.77. The van der Waals surface area contributed by atoms with E-state index in [-0.39, 0.29) is 30.0 Å². The van der Waals surface area contributed by atoms with Crippen LogP contribution in [0, 0.1) is 10.1 Å². The smallest absolute Gasteiger partial charge is 0.292 e. The summed E-state index contributed by atoms with van der Waals surface area (Å²) in [5.74, 6) is 0.147. The number of nitro groups is 1. The molecule has 7 heteroatoms. The third kappa shape index (κ3) is 4.00. The van der Waals surface area contributed by atoms with Crippen LogP contribution < -0.4 is 11.1 Å². The summed E-state index contributed by atoms with van der Waals surface area (Å²) in [5, 5.41) is 14.0. The van der Waals surface area contributed by atoms with E-state index in [1.165, 1.54) is 6.07 Å². The van der Waals surface area contributed by atoms with Crippen molar-refractivity contribution in [3.05, 3.63) is 70.3 Å². The average Bonchev–Trinajstić information content (AvgIpc) is 3.04. The topological polar surface area (TPSA) is 102 Å². The number of rotatable bonds is 6. The molecular formula is C19H22N4O3. The van der Waals surface area contributed by atoms with E-state index < -0.39 is 4.92 Å². The third-order valence-electron chi connectivity index (χ3n) is 4.70. The lowest BCUT2D eigenvalue weighted by molar-refractivity contribution is -0.384. The van der Waals surface area contributed by atoms with E-state index in [0.717, 1.165) is 5.56 Å². The van der Waals surface area contributed by atoms with Crippen LogP contribution in [0.2, 0.25) is 0 Å².